The topological polar surface area (TPSA) is 26.3 Å². The first kappa shape index (κ1) is 10.6. The number of hydrogen-bond donors (Lipinski definition) is 0. The summed E-state index contributed by atoms with van der Waals surface area (Å²) in [6.07, 6.45) is 4.65. The average Bonchev–Trinajstić information content (AvgIpc) is 2.76. The molecule has 2 heteroatoms. The van der Waals surface area contributed by atoms with Gasteiger partial charge in [0.15, 0.2) is 0 Å². The Bertz CT molecular complexity index is 189. The van der Waals surface area contributed by atoms with Crippen molar-refractivity contribution in [3.8, 4) is 0 Å². The number of carbonyl (C=O) groups is 1. The molecule has 0 unspecified atom stereocenters. The van der Waals surface area contributed by atoms with Gasteiger partial charge in [-0.1, -0.05) is 26.7 Å². The molecular weight excluding hydrogens is 164 g/mol. The molecule has 0 N–H and O–H groups in total. The Balaban J connectivity index is 2.30. The monoisotopic (exact) mass is 184 g/mol. The highest BCUT2D eigenvalue weighted by Gasteiger charge is 2.54. The third-order valence-corrected chi connectivity index (χ3v) is 3.02. The Morgan fingerprint density at radius 3 is 2.77 bits per heavy atom. The van der Waals surface area contributed by atoms with Gasteiger partial charge >= 0.3 is 5.97 Å². The minimum absolute atomic E-state index is 0.0149. The summed E-state index contributed by atoms with van der Waals surface area (Å²) in [6, 6.07) is 0. The van der Waals surface area contributed by atoms with E-state index in [4.69, 9.17) is 4.74 Å². The molecule has 13 heavy (non-hydrogen) atoms. The van der Waals surface area contributed by atoms with E-state index in [9.17, 15) is 4.79 Å². The van der Waals surface area contributed by atoms with Crippen LogP contribution in [-0.4, -0.2) is 12.6 Å². The lowest BCUT2D eigenvalue weighted by atomic mass is 9.99. The van der Waals surface area contributed by atoms with Crippen LogP contribution in [0.2, 0.25) is 0 Å². The minimum atomic E-state index is 0.0149. The van der Waals surface area contributed by atoms with Gasteiger partial charge in [-0.3, -0.25) is 4.79 Å². The van der Waals surface area contributed by atoms with E-state index in [0.717, 1.165) is 6.42 Å². The highest BCUT2D eigenvalue weighted by Crippen LogP contribution is 2.56. The number of carbonyl (C=O) groups excluding carboxylic acids is 1. The van der Waals surface area contributed by atoms with Crippen LogP contribution in [0.15, 0.2) is 0 Å². The predicted molar refractivity (Wildman–Crippen MR) is 52.4 cm³/mol. The minimum Gasteiger partial charge on any atom is -0.466 e. The second-order valence-electron chi connectivity index (χ2n) is 4.27. The molecule has 2 nitrogen and oxygen atoms in total. The number of unbranched alkanes of at least 4 members (excludes halogenated alkanes) is 1. The molecule has 0 amide bonds. The fraction of sp³-hybridized carbons (Fsp3) is 0.909. The molecule has 1 aliphatic rings. The summed E-state index contributed by atoms with van der Waals surface area (Å²) < 4.78 is 5.00. The zero-order valence-corrected chi connectivity index (χ0v) is 8.93. The summed E-state index contributed by atoms with van der Waals surface area (Å²) in [7, 11) is 0. The Kier molecular flexibility index (Phi) is 3.34. The molecule has 0 aromatic rings. The molecule has 1 aliphatic carbocycles. The molecular formula is C11H20O2. The van der Waals surface area contributed by atoms with Crippen molar-refractivity contribution in [3.05, 3.63) is 0 Å². The molecule has 0 spiro atoms. The number of ether oxygens (including phenoxy) is 1. The molecule has 1 rings (SSSR count). The van der Waals surface area contributed by atoms with Gasteiger partial charge in [-0.15, -0.1) is 0 Å². The zero-order valence-electron chi connectivity index (χ0n) is 8.93. The van der Waals surface area contributed by atoms with Crippen molar-refractivity contribution in [2.24, 2.45) is 11.3 Å². The second-order valence-corrected chi connectivity index (χ2v) is 4.27. The van der Waals surface area contributed by atoms with Crippen LogP contribution in [-0.2, 0) is 9.53 Å². The normalized spacial score (nSPS) is 31.5. The van der Waals surface area contributed by atoms with E-state index < -0.39 is 0 Å². The van der Waals surface area contributed by atoms with E-state index in [0.29, 0.717) is 6.61 Å². The first-order chi connectivity index (χ1) is 6.14. The molecule has 0 aromatic heterocycles. The molecule has 2 atom stereocenters. The van der Waals surface area contributed by atoms with Crippen molar-refractivity contribution in [1.29, 1.82) is 0 Å². The van der Waals surface area contributed by atoms with Crippen LogP contribution < -0.4 is 0 Å². The summed E-state index contributed by atoms with van der Waals surface area (Å²) in [5.41, 5.74) is 0.266. The van der Waals surface area contributed by atoms with E-state index in [1.165, 1.54) is 19.3 Å². The lowest BCUT2D eigenvalue weighted by Gasteiger charge is -2.09. The van der Waals surface area contributed by atoms with Crippen LogP contribution in [0.5, 0.6) is 0 Å². The van der Waals surface area contributed by atoms with Crippen LogP contribution >= 0.6 is 0 Å². The quantitative estimate of drug-likeness (QED) is 0.614. The Morgan fingerprint density at radius 1 is 1.54 bits per heavy atom. The molecule has 0 aliphatic heterocycles. The van der Waals surface area contributed by atoms with Gasteiger partial charge in [-0.25, -0.2) is 0 Å². The van der Waals surface area contributed by atoms with Crippen molar-refractivity contribution in [1.82, 2.24) is 0 Å². The Morgan fingerprint density at radius 2 is 2.23 bits per heavy atom. The van der Waals surface area contributed by atoms with E-state index in [2.05, 4.69) is 13.8 Å². The highest BCUT2D eigenvalue weighted by molar-refractivity contribution is 5.76. The first-order valence-electron chi connectivity index (χ1n) is 5.30. The molecule has 0 bridgehead atoms. The number of hydrogen-bond acceptors (Lipinski definition) is 2. The SMILES string of the molecule is CCCC[C@@]1(C)C[C@@H]1C(=O)OCC. The number of esters is 1. The summed E-state index contributed by atoms with van der Waals surface area (Å²) in [5, 5.41) is 0. The van der Waals surface area contributed by atoms with Gasteiger partial charge < -0.3 is 4.74 Å². The fourth-order valence-corrected chi connectivity index (χ4v) is 1.87. The van der Waals surface area contributed by atoms with Crippen molar-refractivity contribution in [3.63, 3.8) is 0 Å². The smallest absolute Gasteiger partial charge is 0.309 e. The summed E-state index contributed by atoms with van der Waals surface area (Å²) in [5.74, 6) is 0.208. The van der Waals surface area contributed by atoms with Crippen LogP contribution in [0, 0.1) is 11.3 Å². The molecule has 0 radical (unpaired) electrons. The summed E-state index contributed by atoms with van der Waals surface area (Å²) in [4.78, 5) is 11.4. The Labute approximate surface area is 80.7 Å². The van der Waals surface area contributed by atoms with Gasteiger partial charge in [0.25, 0.3) is 0 Å². The third kappa shape index (κ3) is 2.45. The Hall–Kier alpha value is -0.530. The molecule has 1 saturated carbocycles. The van der Waals surface area contributed by atoms with Gasteiger partial charge in [-0.2, -0.15) is 0 Å². The van der Waals surface area contributed by atoms with Gasteiger partial charge in [0.1, 0.15) is 0 Å². The standard InChI is InChI=1S/C11H20O2/c1-4-6-7-11(3)8-9(11)10(12)13-5-2/h9H,4-8H2,1-3H3/t9-,11+/m1/s1. The van der Waals surface area contributed by atoms with Crippen molar-refractivity contribution < 1.29 is 9.53 Å². The summed E-state index contributed by atoms with van der Waals surface area (Å²) in [6.45, 7) is 6.76. The lowest BCUT2D eigenvalue weighted by Crippen LogP contribution is -2.11. The molecule has 0 saturated heterocycles. The van der Waals surface area contributed by atoms with Gasteiger partial charge in [0, 0.05) is 0 Å². The van der Waals surface area contributed by atoms with E-state index in [1.807, 2.05) is 6.92 Å². The highest BCUT2D eigenvalue weighted by atomic mass is 16.5. The maximum Gasteiger partial charge on any atom is 0.309 e. The van der Waals surface area contributed by atoms with Gasteiger partial charge in [0.05, 0.1) is 12.5 Å². The van der Waals surface area contributed by atoms with Crippen molar-refractivity contribution in [2.45, 2.75) is 46.5 Å². The molecule has 0 aromatic carbocycles. The predicted octanol–water partition coefficient (Wildman–Crippen LogP) is 2.77. The maximum absolute atomic E-state index is 11.4. The molecule has 0 heterocycles. The van der Waals surface area contributed by atoms with Gasteiger partial charge in [-0.05, 0) is 25.2 Å². The third-order valence-electron chi connectivity index (χ3n) is 3.02. The van der Waals surface area contributed by atoms with Crippen LogP contribution in [0.25, 0.3) is 0 Å². The van der Waals surface area contributed by atoms with E-state index in [1.54, 1.807) is 0 Å². The second kappa shape index (κ2) is 4.12. The summed E-state index contributed by atoms with van der Waals surface area (Å²) >= 11 is 0. The van der Waals surface area contributed by atoms with Crippen LogP contribution in [0.1, 0.15) is 46.5 Å². The number of rotatable bonds is 5. The zero-order chi connectivity index (χ0) is 9.90. The van der Waals surface area contributed by atoms with E-state index in [-0.39, 0.29) is 17.3 Å². The first-order valence-corrected chi connectivity index (χ1v) is 5.30. The largest absolute Gasteiger partial charge is 0.466 e. The van der Waals surface area contributed by atoms with Gasteiger partial charge in [0.2, 0.25) is 0 Å². The van der Waals surface area contributed by atoms with E-state index >= 15 is 0 Å². The molecule has 76 valence electrons. The molecule has 1 fully saturated rings. The maximum atomic E-state index is 11.4. The fourth-order valence-electron chi connectivity index (χ4n) is 1.87. The lowest BCUT2D eigenvalue weighted by molar-refractivity contribution is -0.145. The van der Waals surface area contributed by atoms with Crippen molar-refractivity contribution >= 4 is 5.97 Å². The van der Waals surface area contributed by atoms with Crippen LogP contribution in [0.4, 0.5) is 0 Å². The van der Waals surface area contributed by atoms with Crippen LogP contribution in [0.3, 0.4) is 0 Å². The average molecular weight is 184 g/mol. The van der Waals surface area contributed by atoms with Crippen molar-refractivity contribution in [2.75, 3.05) is 6.61 Å².